The summed E-state index contributed by atoms with van der Waals surface area (Å²) in [5.41, 5.74) is 1.14. The quantitative estimate of drug-likeness (QED) is 0.842. The van der Waals surface area contributed by atoms with Crippen molar-refractivity contribution < 1.29 is 14.0 Å². The lowest BCUT2D eigenvalue weighted by atomic mass is 10.2. The average Bonchev–Trinajstić information content (AvgIpc) is 3.06. The minimum Gasteiger partial charge on any atom is -0.375 e. The van der Waals surface area contributed by atoms with Gasteiger partial charge in [-0.15, -0.1) is 11.3 Å². The Hall–Kier alpha value is -2.41. The van der Waals surface area contributed by atoms with Gasteiger partial charge >= 0.3 is 0 Å². The lowest BCUT2D eigenvalue weighted by Gasteiger charge is -2.16. The zero-order valence-corrected chi connectivity index (χ0v) is 14.6. The number of carbonyl (C=O) groups excluding carboxylic acids is 2. The number of hydrogen-bond acceptors (Lipinski definition) is 4. The molecule has 0 radical (unpaired) electrons. The lowest BCUT2D eigenvalue weighted by molar-refractivity contribution is -0.122. The number of carbonyl (C=O) groups is 2. The van der Waals surface area contributed by atoms with Crippen molar-refractivity contribution in [2.24, 2.45) is 0 Å². The van der Waals surface area contributed by atoms with Crippen molar-refractivity contribution in [3.8, 4) is 0 Å². The van der Waals surface area contributed by atoms with Gasteiger partial charge < -0.3 is 15.5 Å². The van der Waals surface area contributed by atoms with Gasteiger partial charge in [0.25, 0.3) is 5.91 Å². The summed E-state index contributed by atoms with van der Waals surface area (Å²) in [6.07, 6.45) is 0. The van der Waals surface area contributed by atoms with E-state index >= 15 is 0 Å². The molecule has 1 atom stereocenters. The highest BCUT2D eigenvalue weighted by Crippen LogP contribution is 2.18. The first kappa shape index (κ1) is 17.9. The Morgan fingerprint density at radius 2 is 2.04 bits per heavy atom. The van der Waals surface area contributed by atoms with Gasteiger partial charge in [0.15, 0.2) is 0 Å². The Morgan fingerprint density at radius 3 is 2.62 bits per heavy atom. The molecule has 1 unspecified atom stereocenters. The second kappa shape index (κ2) is 7.92. The summed E-state index contributed by atoms with van der Waals surface area (Å²) in [6.45, 7) is 1.80. The van der Waals surface area contributed by atoms with Gasteiger partial charge in [0.1, 0.15) is 11.9 Å². The summed E-state index contributed by atoms with van der Waals surface area (Å²) < 4.78 is 13.9. The SMILES string of the molecule is CC(NC(=O)c1cccs1)C(=O)NCc1ccc(N(C)C)c(F)c1. The first-order chi connectivity index (χ1) is 11.4. The molecule has 0 aliphatic rings. The summed E-state index contributed by atoms with van der Waals surface area (Å²) in [7, 11) is 3.52. The van der Waals surface area contributed by atoms with Crippen LogP contribution in [0.5, 0.6) is 0 Å². The smallest absolute Gasteiger partial charge is 0.261 e. The van der Waals surface area contributed by atoms with Crippen LogP contribution in [0.15, 0.2) is 35.7 Å². The first-order valence-electron chi connectivity index (χ1n) is 7.46. The molecule has 1 heterocycles. The predicted molar refractivity (Wildman–Crippen MR) is 93.8 cm³/mol. The van der Waals surface area contributed by atoms with Crippen molar-refractivity contribution in [1.29, 1.82) is 0 Å². The molecular weight excluding hydrogens is 329 g/mol. The van der Waals surface area contributed by atoms with Crippen LogP contribution in [0.3, 0.4) is 0 Å². The van der Waals surface area contributed by atoms with E-state index in [0.717, 1.165) is 0 Å². The number of amides is 2. The standard InChI is InChI=1S/C17H20FN3O2S/c1-11(20-17(23)15-5-4-8-24-15)16(22)19-10-12-6-7-14(21(2)3)13(18)9-12/h4-9,11H,10H2,1-3H3,(H,19,22)(H,20,23). The van der Waals surface area contributed by atoms with Crippen LogP contribution >= 0.6 is 11.3 Å². The van der Waals surface area contributed by atoms with Crippen molar-refractivity contribution in [2.75, 3.05) is 19.0 Å². The molecule has 2 N–H and O–H groups in total. The number of hydrogen-bond donors (Lipinski definition) is 2. The van der Waals surface area contributed by atoms with Gasteiger partial charge in [-0.2, -0.15) is 0 Å². The van der Waals surface area contributed by atoms with Crippen LogP contribution < -0.4 is 15.5 Å². The topological polar surface area (TPSA) is 61.4 Å². The molecule has 2 amide bonds. The number of nitrogens with one attached hydrogen (secondary N) is 2. The minimum absolute atomic E-state index is 0.197. The van der Waals surface area contributed by atoms with Gasteiger partial charge in [0.2, 0.25) is 5.91 Å². The fourth-order valence-corrected chi connectivity index (χ4v) is 2.73. The third-order valence-corrected chi connectivity index (χ3v) is 4.32. The largest absolute Gasteiger partial charge is 0.375 e. The van der Waals surface area contributed by atoms with Crippen LogP contribution in [0.4, 0.5) is 10.1 Å². The first-order valence-corrected chi connectivity index (χ1v) is 8.34. The second-order valence-electron chi connectivity index (χ2n) is 5.57. The van der Waals surface area contributed by atoms with Gasteiger partial charge in [-0.25, -0.2) is 4.39 Å². The van der Waals surface area contributed by atoms with Gasteiger partial charge in [0, 0.05) is 20.6 Å². The van der Waals surface area contributed by atoms with Crippen LogP contribution in [0.2, 0.25) is 0 Å². The van der Waals surface area contributed by atoms with Crippen LogP contribution in [0.1, 0.15) is 22.2 Å². The highest BCUT2D eigenvalue weighted by Gasteiger charge is 2.17. The van der Waals surface area contributed by atoms with E-state index in [-0.39, 0.29) is 24.2 Å². The summed E-state index contributed by atoms with van der Waals surface area (Å²) in [6, 6.07) is 7.61. The van der Waals surface area contributed by atoms with Crippen LogP contribution in [0.25, 0.3) is 0 Å². The Bertz CT molecular complexity index is 717. The summed E-state index contributed by atoms with van der Waals surface area (Å²) in [5, 5.41) is 7.12. The number of anilines is 1. The normalized spacial score (nSPS) is 11.7. The number of halogens is 1. The Labute approximate surface area is 144 Å². The maximum atomic E-state index is 13.9. The number of rotatable bonds is 6. The van der Waals surface area contributed by atoms with Crippen molar-refractivity contribution >= 4 is 28.8 Å². The van der Waals surface area contributed by atoms with E-state index in [1.165, 1.54) is 17.4 Å². The van der Waals surface area contributed by atoms with E-state index in [4.69, 9.17) is 0 Å². The fourth-order valence-electron chi connectivity index (χ4n) is 2.11. The molecule has 128 valence electrons. The summed E-state index contributed by atoms with van der Waals surface area (Å²) >= 11 is 1.31. The Kier molecular flexibility index (Phi) is 5.92. The van der Waals surface area contributed by atoms with Gasteiger partial charge in [-0.05, 0) is 36.1 Å². The monoisotopic (exact) mass is 349 g/mol. The van der Waals surface area contributed by atoms with Gasteiger partial charge in [-0.3, -0.25) is 9.59 Å². The molecule has 5 nitrogen and oxygen atoms in total. The molecule has 0 bridgehead atoms. The van der Waals surface area contributed by atoms with Crippen molar-refractivity contribution in [3.05, 3.63) is 52.0 Å². The zero-order chi connectivity index (χ0) is 17.7. The maximum Gasteiger partial charge on any atom is 0.261 e. The van der Waals surface area contributed by atoms with E-state index in [9.17, 15) is 14.0 Å². The number of nitrogens with zero attached hydrogens (tertiary/aromatic N) is 1. The van der Waals surface area contributed by atoms with Crippen molar-refractivity contribution in [1.82, 2.24) is 10.6 Å². The molecule has 24 heavy (non-hydrogen) atoms. The van der Waals surface area contributed by atoms with E-state index in [0.29, 0.717) is 16.1 Å². The molecule has 0 spiro atoms. The molecule has 1 aromatic carbocycles. The fraction of sp³-hybridized carbons (Fsp3) is 0.294. The van der Waals surface area contributed by atoms with Crippen molar-refractivity contribution in [2.45, 2.75) is 19.5 Å². The maximum absolute atomic E-state index is 13.9. The molecule has 1 aromatic heterocycles. The van der Waals surface area contributed by atoms with E-state index in [2.05, 4.69) is 10.6 Å². The highest BCUT2D eigenvalue weighted by atomic mass is 32.1. The van der Waals surface area contributed by atoms with Crippen LogP contribution in [-0.2, 0) is 11.3 Å². The lowest BCUT2D eigenvalue weighted by Crippen LogP contribution is -2.44. The molecule has 0 saturated carbocycles. The van der Waals surface area contributed by atoms with Crippen LogP contribution in [-0.4, -0.2) is 32.0 Å². The molecule has 7 heteroatoms. The van der Waals surface area contributed by atoms with E-state index < -0.39 is 6.04 Å². The molecular formula is C17H20FN3O2S. The van der Waals surface area contributed by atoms with E-state index in [1.807, 2.05) is 0 Å². The average molecular weight is 349 g/mol. The minimum atomic E-state index is -0.675. The van der Waals surface area contributed by atoms with Gasteiger partial charge in [-0.1, -0.05) is 12.1 Å². The second-order valence-corrected chi connectivity index (χ2v) is 6.52. The molecule has 0 aliphatic carbocycles. The summed E-state index contributed by atoms with van der Waals surface area (Å²) in [4.78, 5) is 26.2. The number of benzene rings is 1. The predicted octanol–water partition coefficient (Wildman–Crippen LogP) is 2.39. The molecule has 0 aliphatic heterocycles. The Balaban J connectivity index is 1.88. The molecule has 2 rings (SSSR count). The van der Waals surface area contributed by atoms with Crippen LogP contribution in [0, 0.1) is 5.82 Å². The molecule has 0 saturated heterocycles. The van der Waals surface area contributed by atoms with E-state index in [1.54, 1.807) is 55.6 Å². The molecule has 2 aromatic rings. The third-order valence-electron chi connectivity index (χ3n) is 3.45. The summed E-state index contributed by atoms with van der Waals surface area (Å²) in [5.74, 6) is -0.947. The Morgan fingerprint density at radius 1 is 1.29 bits per heavy atom. The molecule has 0 fully saturated rings. The number of thiophene rings is 1. The van der Waals surface area contributed by atoms with Crippen molar-refractivity contribution in [3.63, 3.8) is 0 Å². The highest BCUT2D eigenvalue weighted by molar-refractivity contribution is 7.12. The van der Waals surface area contributed by atoms with Gasteiger partial charge in [0.05, 0.1) is 10.6 Å². The third kappa shape index (κ3) is 4.55. The zero-order valence-electron chi connectivity index (χ0n) is 13.8.